The van der Waals surface area contributed by atoms with E-state index in [1.807, 2.05) is 0 Å². The highest BCUT2D eigenvalue weighted by Crippen LogP contribution is 2.27. The lowest BCUT2D eigenvalue weighted by atomic mass is 9.95. The molecule has 0 radical (unpaired) electrons. The van der Waals surface area contributed by atoms with Gasteiger partial charge in [0.25, 0.3) is 0 Å². The fourth-order valence-electron chi connectivity index (χ4n) is 1.30. The summed E-state index contributed by atoms with van der Waals surface area (Å²) in [7, 11) is 0. The lowest BCUT2D eigenvalue weighted by Gasteiger charge is -2.20. The molecule has 1 aromatic rings. The van der Waals surface area contributed by atoms with E-state index in [4.69, 9.17) is 10.3 Å². The van der Waals surface area contributed by atoms with Crippen LogP contribution in [0.4, 0.5) is 13.2 Å². The summed E-state index contributed by atoms with van der Waals surface area (Å²) >= 11 is 0. The first kappa shape index (κ1) is 13.0. The van der Waals surface area contributed by atoms with Gasteiger partial charge in [-0.05, 0) is 19.8 Å². The minimum absolute atomic E-state index is 0.0515. The lowest BCUT2D eigenvalue weighted by Crippen LogP contribution is -2.34. The van der Waals surface area contributed by atoms with Crippen molar-refractivity contribution in [2.45, 2.75) is 44.8 Å². The summed E-state index contributed by atoms with van der Waals surface area (Å²) < 4.78 is 40.6. The van der Waals surface area contributed by atoms with Crippen LogP contribution in [0.25, 0.3) is 0 Å². The topological polar surface area (TPSA) is 64.9 Å². The number of nitrogens with zero attached hydrogens (tertiary/aromatic N) is 2. The Morgan fingerprint density at radius 3 is 2.38 bits per heavy atom. The Morgan fingerprint density at radius 2 is 1.94 bits per heavy atom. The van der Waals surface area contributed by atoms with Gasteiger partial charge in [0.05, 0.1) is 5.54 Å². The Bertz CT molecular complexity index is 346. The molecular weight excluding hydrogens is 223 g/mol. The molecule has 0 aromatic carbocycles. The normalized spacial score (nSPS) is 16.1. The summed E-state index contributed by atoms with van der Waals surface area (Å²) in [5, 5.41) is 3.61. The van der Waals surface area contributed by atoms with E-state index in [9.17, 15) is 13.2 Å². The second-order valence-corrected chi connectivity index (χ2v) is 4.02. The van der Waals surface area contributed by atoms with Crippen LogP contribution in [0.1, 0.15) is 37.9 Å². The Labute approximate surface area is 91.0 Å². The van der Waals surface area contributed by atoms with E-state index in [0.717, 1.165) is 0 Å². The van der Waals surface area contributed by atoms with Crippen molar-refractivity contribution in [3.05, 3.63) is 11.7 Å². The average Bonchev–Trinajstić information content (AvgIpc) is 2.49. The third-order valence-corrected chi connectivity index (χ3v) is 2.19. The molecule has 0 saturated heterocycles. The Morgan fingerprint density at radius 1 is 1.31 bits per heavy atom. The van der Waals surface area contributed by atoms with Crippen molar-refractivity contribution in [1.29, 1.82) is 0 Å². The van der Waals surface area contributed by atoms with E-state index in [1.54, 1.807) is 13.8 Å². The zero-order valence-electron chi connectivity index (χ0n) is 9.14. The van der Waals surface area contributed by atoms with Crippen molar-refractivity contribution in [2.24, 2.45) is 5.73 Å². The summed E-state index contributed by atoms with van der Waals surface area (Å²) in [5.41, 5.74) is 4.85. The average molecular weight is 237 g/mol. The van der Waals surface area contributed by atoms with Crippen molar-refractivity contribution in [3.63, 3.8) is 0 Å². The van der Waals surface area contributed by atoms with Crippen LogP contribution in [0.5, 0.6) is 0 Å². The monoisotopic (exact) mass is 237 g/mol. The molecule has 0 spiro atoms. The van der Waals surface area contributed by atoms with Crippen molar-refractivity contribution in [3.8, 4) is 0 Å². The number of halogens is 3. The van der Waals surface area contributed by atoms with Gasteiger partial charge in [-0.2, -0.15) is 18.2 Å². The first-order valence-corrected chi connectivity index (χ1v) is 4.87. The van der Waals surface area contributed by atoms with Gasteiger partial charge in [0, 0.05) is 13.3 Å². The van der Waals surface area contributed by atoms with Crippen molar-refractivity contribution >= 4 is 0 Å². The second kappa shape index (κ2) is 4.40. The van der Waals surface area contributed by atoms with Crippen molar-refractivity contribution < 1.29 is 17.7 Å². The number of aryl methyl sites for hydroxylation is 1. The van der Waals surface area contributed by atoms with E-state index in [-0.39, 0.29) is 18.7 Å². The molecular formula is C9H14F3N3O. The highest BCUT2D eigenvalue weighted by atomic mass is 19.4. The molecule has 0 fully saturated rings. The van der Waals surface area contributed by atoms with Crippen LogP contribution >= 0.6 is 0 Å². The second-order valence-electron chi connectivity index (χ2n) is 4.02. The van der Waals surface area contributed by atoms with Gasteiger partial charge in [-0.3, -0.25) is 0 Å². The first-order valence-electron chi connectivity index (χ1n) is 4.87. The molecule has 1 aromatic heterocycles. The van der Waals surface area contributed by atoms with Gasteiger partial charge in [-0.25, -0.2) is 0 Å². The van der Waals surface area contributed by atoms with E-state index in [2.05, 4.69) is 10.1 Å². The standard InChI is InChI=1S/C9H14F3N3O/c1-6-14-7(15-16-6)8(2,13)4-3-5-9(10,11)12/h3-5,13H2,1-2H3. The Kier molecular flexibility index (Phi) is 3.57. The van der Waals surface area contributed by atoms with E-state index < -0.39 is 18.1 Å². The van der Waals surface area contributed by atoms with Crippen LogP contribution in [0.3, 0.4) is 0 Å². The molecule has 0 aliphatic carbocycles. The molecule has 0 aliphatic heterocycles. The van der Waals surface area contributed by atoms with Gasteiger partial charge in [-0.1, -0.05) is 5.16 Å². The molecule has 0 aliphatic rings. The van der Waals surface area contributed by atoms with Gasteiger partial charge >= 0.3 is 6.18 Å². The molecule has 1 atom stereocenters. The Hall–Kier alpha value is -1.11. The molecule has 92 valence electrons. The minimum atomic E-state index is -4.15. The summed E-state index contributed by atoms with van der Waals surface area (Å²) in [6.45, 7) is 3.19. The number of nitrogens with two attached hydrogens (primary N) is 1. The molecule has 16 heavy (non-hydrogen) atoms. The van der Waals surface area contributed by atoms with E-state index in [1.165, 1.54) is 0 Å². The van der Waals surface area contributed by atoms with Gasteiger partial charge in [0.15, 0.2) is 5.82 Å². The minimum Gasteiger partial charge on any atom is -0.340 e. The number of aromatic nitrogens is 2. The van der Waals surface area contributed by atoms with Crippen molar-refractivity contribution in [2.75, 3.05) is 0 Å². The molecule has 0 amide bonds. The fraction of sp³-hybridized carbons (Fsp3) is 0.778. The molecule has 1 unspecified atom stereocenters. The van der Waals surface area contributed by atoms with E-state index >= 15 is 0 Å². The van der Waals surface area contributed by atoms with Gasteiger partial charge in [0.2, 0.25) is 5.89 Å². The molecule has 0 bridgehead atoms. The molecule has 0 saturated carbocycles. The molecule has 2 N–H and O–H groups in total. The maximum Gasteiger partial charge on any atom is 0.389 e. The molecule has 1 heterocycles. The molecule has 7 heteroatoms. The van der Waals surface area contributed by atoms with Gasteiger partial charge in [0.1, 0.15) is 0 Å². The van der Waals surface area contributed by atoms with Gasteiger partial charge < -0.3 is 10.3 Å². The maximum atomic E-state index is 11.9. The predicted molar refractivity (Wildman–Crippen MR) is 50.5 cm³/mol. The zero-order chi connectivity index (χ0) is 12.4. The van der Waals surface area contributed by atoms with Crippen LogP contribution in [0, 0.1) is 6.92 Å². The SMILES string of the molecule is Cc1nc(C(C)(N)CCCC(F)(F)F)no1. The van der Waals surface area contributed by atoms with Crippen LogP contribution < -0.4 is 5.73 Å². The highest BCUT2D eigenvalue weighted by Gasteiger charge is 2.31. The number of alkyl halides is 3. The highest BCUT2D eigenvalue weighted by molar-refractivity contribution is 5.00. The largest absolute Gasteiger partial charge is 0.389 e. The third kappa shape index (κ3) is 3.80. The summed E-state index contributed by atoms with van der Waals surface area (Å²) in [5.74, 6) is 0.592. The van der Waals surface area contributed by atoms with Crippen LogP contribution in [-0.2, 0) is 5.54 Å². The maximum absolute atomic E-state index is 11.9. The summed E-state index contributed by atoms with van der Waals surface area (Å²) in [6.07, 6.45) is -4.89. The van der Waals surface area contributed by atoms with Crippen LogP contribution in [0.2, 0.25) is 0 Å². The van der Waals surface area contributed by atoms with Crippen molar-refractivity contribution in [1.82, 2.24) is 10.1 Å². The summed E-state index contributed by atoms with van der Waals surface area (Å²) in [4.78, 5) is 3.91. The molecule has 1 rings (SSSR count). The number of hydrogen-bond acceptors (Lipinski definition) is 4. The first-order chi connectivity index (χ1) is 7.21. The quantitative estimate of drug-likeness (QED) is 0.872. The third-order valence-electron chi connectivity index (χ3n) is 2.19. The molecule has 4 nitrogen and oxygen atoms in total. The van der Waals surface area contributed by atoms with Crippen LogP contribution in [-0.4, -0.2) is 16.3 Å². The predicted octanol–water partition coefficient (Wildman–Crippen LogP) is 2.28. The number of hydrogen-bond donors (Lipinski definition) is 1. The fourth-order valence-corrected chi connectivity index (χ4v) is 1.30. The Balaban J connectivity index is 2.52. The zero-order valence-corrected chi connectivity index (χ0v) is 9.14. The lowest BCUT2D eigenvalue weighted by molar-refractivity contribution is -0.136. The smallest absolute Gasteiger partial charge is 0.340 e. The number of rotatable bonds is 4. The van der Waals surface area contributed by atoms with E-state index in [0.29, 0.717) is 5.89 Å². The van der Waals surface area contributed by atoms with Gasteiger partial charge in [-0.15, -0.1) is 0 Å². The summed E-state index contributed by atoms with van der Waals surface area (Å²) in [6, 6.07) is 0. The van der Waals surface area contributed by atoms with Crippen LogP contribution in [0.15, 0.2) is 4.52 Å².